The zero-order valence-corrected chi connectivity index (χ0v) is 12.6. The van der Waals surface area contributed by atoms with Gasteiger partial charge in [-0.1, -0.05) is 18.2 Å². The Balaban J connectivity index is 2.08. The zero-order chi connectivity index (χ0) is 16.6. The van der Waals surface area contributed by atoms with Gasteiger partial charge < -0.3 is 14.6 Å². The van der Waals surface area contributed by atoms with E-state index in [1.54, 1.807) is 12.1 Å². The van der Waals surface area contributed by atoms with Crippen molar-refractivity contribution in [2.24, 2.45) is 0 Å². The standard InChI is InChI=1S/C15H13NO6S/c17-8-12(15(18)19)16-23(20,21)9-5-6-14-11(7-9)10-3-1-2-4-13(10)22-14/h1-7,12,16-17H,8H2,(H,18,19). The number of hydrogen-bond donors (Lipinski definition) is 3. The first kappa shape index (κ1) is 15.5. The molecule has 23 heavy (non-hydrogen) atoms. The molecule has 0 amide bonds. The summed E-state index contributed by atoms with van der Waals surface area (Å²) >= 11 is 0. The smallest absolute Gasteiger partial charge is 0.324 e. The van der Waals surface area contributed by atoms with E-state index in [0.717, 1.165) is 5.39 Å². The molecule has 0 aliphatic carbocycles. The van der Waals surface area contributed by atoms with Crippen molar-refractivity contribution < 1.29 is 27.8 Å². The van der Waals surface area contributed by atoms with Crippen LogP contribution < -0.4 is 4.72 Å². The Labute approximate surface area is 131 Å². The minimum Gasteiger partial charge on any atom is -0.480 e. The van der Waals surface area contributed by atoms with Gasteiger partial charge in [0.05, 0.1) is 11.5 Å². The van der Waals surface area contributed by atoms with Crippen LogP contribution in [0.2, 0.25) is 0 Å². The molecule has 0 radical (unpaired) electrons. The fourth-order valence-electron chi connectivity index (χ4n) is 2.29. The number of sulfonamides is 1. The molecule has 0 bridgehead atoms. The van der Waals surface area contributed by atoms with Crippen molar-refractivity contribution in [1.82, 2.24) is 4.72 Å². The molecule has 3 N–H and O–H groups in total. The van der Waals surface area contributed by atoms with Gasteiger partial charge in [0, 0.05) is 10.8 Å². The Hall–Kier alpha value is -2.42. The molecular formula is C15H13NO6S. The van der Waals surface area contributed by atoms with Crippen molar-refractivity contribution in [2.45, 2.75) is 10.9 Å². The van der Waals surface area contributed by atoms with E-state index in [2.05, 4.69) is 0 Å². The van der Waals surface area contributed by atoms with Crippen LogP contribution in [0.15, 0.2) is 51.8 Å². The van der Waals surface area contributed by atoms with Gasteiger partial charge in [0.1, 0.15) is 17.2 Å². The third-order valence-corrected chi connectivity index (χ3v) is 4.91. The molecule has 7 nitrogen and oxygen atoms in total. The van der Waals surface area contributed by atoms with Crippen LogP contribution in [0, 0.1) is 0 Å². The summed E-state index contributed by atoms with van der Waals surface area (Å²) < 4.78 is 32.1. The third-order valence-electron chi connectivity index (χ3n) is 3.44. The van der Waals surface area contributed by atoms with Crippen molar-refractivity contribution in [3.63, 3.8) is 0 Å². The molecule has 1 atom stereocenters. The van der Waals surface area contributed by atoms with Crippen LogP contribution in [0.3, 0.4) is 0 Å². The van der Waals surface area contributed by atoms with E-state index in [-0.39, 0.29) is 4.90 Å². The molecule has 1 unspecified atom stereocenters. The summed E-state index contributed by atoms with van der Waals surface area (Å²) in [5.41, 5.74) is 1.16. The number of hydrogen-bond acceptors (Lipinski definition) is 5. The Morgan fingerprint density at radius 3 is 2.52 bits per heavy atom. The topological polar surface area (TPSA) is 117 Å². The van der Waals surface area contributed by atoms with Crippen molar-refractivity contribution in [3.8, 4) is 0 Å². The molecule has 0 saturated carbocycles. The van der Waals surface area contributed by atoms with Gasteiger partial charge in [-0.25, -0.2) is 8.42 Å². The van der Waals surface area contributed by atoms with Crippen LogP contribution in [-0.2, 0) is 14.8 Å². The van der Waals surface area contributed by atoms with Gasteiger partial charge in [0.15, 0.2) is 0 Å². The van der Waals surface area contributed by atoms with Crippen LogP contribution in [-0.4, -0.2) is 37.2 Å². The lowest BCUT2D eigenvalue weighted by Gasteiger charge is -2.12. The first-order chi connectivity index (χ1) is 10.9. The molecule has 0 aliphatic rings. The summed E-state index contributed by atoms with van der Waals surface area (Å²) in [5.74, 6) is -1.45. The molecular weight excluding hydrogens is 322 g/mol. The molecule has 120 valence electrons. The number of aliphatic hydroxyl groups is 1. The largest absolute Gasteiger partial charge is 0.480 e. The predicted octanol–water partition coefficient (Wildman–Crippen LogP) is 1.31. The number of nitrogens with one attached hydrogen (secondary N) is 1. The van der Waals surface area contributed by atoms with Gasteiger partial charge in [-0.15, -0.1) is 0 Å². The van der Waals surface area contributed by atoms with Gasteiger partial charge >= 0.3 is 5.97 Å². The van der Waals surface area contributed by atoms with E-state index in [1.165, 1.54) is 18.2 Å². The SMILES string of the molecule is O=C(O)C(CO)NS(=O)(=O)c1ccc2oc3ccccc3c2c1. The quantitative estimate of drug-likeness (QED) is 0.647. The Kier molecular flexibility index (Phi) is 3.80. The molecule has 3 rings (SSSR count). The summed E-state index contributed by atoms with van der Waals surface area (Å²) in [6.07, 6.45) is 0. The highest BCUT2D eigenvalue weighted by molar-refractivity contribution is 7.89. The van der Waals surface area contributed by atoms with Gasteiger partial charge in [-0.05, 0) is 24.3 Å². The highest BCUT2D eigenvalue weighted by Gasteiger charge is 2.25. The van der Waals surface area contributed by atoms with Crippen LogP contribution in [0.1, 0.15) is 0 Å². The lowest BCUT2D eigenvalue weighted by molar-refractivity contribution is -0.139. The van der Waals surface area contributed by atoms with Crippen molar-refractivity contribution >= 4 is 37.9 Å². The summed E-state index contributed by atoms with van der Waals surface area (Å²) in [7, 11) is -4.09. The lowest BCUT2D eigenvalue weighted by atomic mass is 10.1. The summed E-state index contributed by atoms with van der Waals surface area (Å²) in [6, 6.07) is 9.84. The molecule has 0 spiro atoms. The highest BCUT2D eigenvalue weighted by atomic mass is 32.2. The second-order valence-electron chi connectivity index (χ2n) is 4.95. The molecule has 3 aromatic rings. The summed E-state index contributed by atoms with van der Waals surface area (Å²) in [6.45, 7) is -0.842. The molecule has 1 heterocycles. The van der Waals surface area contributed by atoms with E-state index in [0.29, 0.717) is 16.6 Å². The second-order valence-corrected chi connectivity index (χ2v) is 6.66. The number of rotatable bonds is 5. The molecule has 0 fully saturated rings. The maximum atomic E-state index is 12.3. The zero-order valence-electron chi connectivity index (χ0n) is 11.8. The second kappa shape index (κ2) is 5.65. The van der Waals surface area contributed by atoms with Crippen LogP contribution in [0.4, 0.5) is 0 Å². The molecule has 0 aliphatic heterocycles. The summed E-state index contributed by atoms with van der Waals surface area (Å²) in [5, 5.41) is 19.2. The molecule has 2 aromatic carbocycles. The number of carboxylic acid groups (broad SMARTS) is 1. The molecule has 1 aromatic heterocycles. The van der Waals surface area contributed by atoms with Gasteiger partial charge in [-0.2, -0.15) is 4.72 Å². The monoisotopic (exact) mass is 335 g/mol. The van der Waals surface area contributed by atoms with E-state index in [9.17, 15) is 13.2 Å². The average Bonchev–Trinajstić information content (AvgIpc) is 2.90. The number of furan rings is 1. The van der Waals surface area contributed by atoms with Gasteiger partial charge in [0.25, 0.3) is 0 Å². The number of carbonyl (C=O) groups is 1. The van der Waals surface area contributed by atoms with E-state index in [4.69, 9.17) is 14.6 Å². The number of benzene rings is 2. The Morgan fingerprint density at radius 2 is 1.83 bits per heavy atom. The number of para-hydroxylation sites is 1. The van der Waals surface area contributed by atoms with Gasteiger partial charge in [-0.3, -0.25) is 4.79 Å². The normalized spacial score (nSPS) is 13.4. The first-order valence-electron chi connectivity index (χ1n) is 6.69. The fraction of sp³-hybridized carbons (Fsp3) is 0.133. The van der Waals surface area contributed by atoms with Crippen LogP contribution in [0.5, 0.6) is 0 Å². The van der Waals surface area contributed by atoms with Crippen molar-refractivity contribution in [3.05, 3.63) is 42.5 Å². The Morgan fingerprint density at radius 1 is 1.13 bits per heavy atom. The maximum absolute atomic E-state index is 12.3. The van der Waals surface area contributed by atoms with Crippen molar-refractivity contribution in [1.29, 1.82) is 0 Å². The number of aliphatic hydroxyl groups excluding tert-OH is 1. The number of carboxylic acids is 1. The minimum atomic E-state index is -4.09. The molecule has 0 saturated heterocycles. The average molecular weight is 335 g/mol. The highest BCUT2D eigenvalue weighted by Crippen LogP contribution is 2.30. The third kappa shape index (κ3) is 2.79. The van der Waals surface area contributed by atoms with E-state index in [1.807, 2.05) is 16.9 Å². The minimum absolute atomic E-state index is 0.101. The first-order valence-corrected chi connectivity index (χ1v) is 8.18. The van der Waals surface area contributed by atoms with E-state index >= 15 is 0 Å². The van der Waals surface area contributed by atoms with Crippen LogP contribution >= 0.6 is 0 Å². The predicted molar refractivity (Wildman–Crippen MR) is 82.6 cm³/mol. The van der Waals surface area contributed by atoms with Crippen LogP contribution in [0.25, 0.3) is 21.9 Å². The van der Waals surface area contributed by atoms with Crippen molar-refractivity contribution in [2.75, 3.05) is 6.61 Å². The van der Waals surface area contributed by atoms with E-state index < -0.39 is 28.6 Å². The number of aliphatic carboxylic acids is 1. The van der Waals surface area contributed by atoms with Gasteiger partial charge in [0.2, 0.25) is 10.0 Å². The lowest BCUT2D eigenvalue weighted by Crippen LogP contribution is -2.43. The number of fused-ring (bicyclic) bond motifs is 3. The molecule has 8 heteroatoms. The Bertz CT molecular complexity index is 992. The summed E-state index contributed by atoms with van der Waals surface area (Å²) in [4.78, 5) is 10.8. The fourth-order valence-corrected chi connectivity index (χ4v) is 3.50. The maximum Gasteiger partial charge on any atom is 0.324 e.